The van der Waals surface area contributed by atoms with E-state index in [1.54, 1.807) is 0 Å². The van der Waals surface area contributed by atoms with Crippen LogP contribution in [0.5, 0.6) is 0 Å². The van der Waals surface area contributed by atoms with Crippen molar-refractivity contribution < 1.29 is 25.1 Å². The van der Waals surface area contributed by atoms with Crippen LogP contribution in [0.15, 0.2) is 17.1 Å². The molecule has 1 saturated heterocycles. The van der Waals surface area contributed by atoms with Crippen LogP contribution in [0.3, 0.4) is 0 Å². The molecule has 18 heavy (non-hydrogen) atoms. The van der Waals surface area contributed by atoms with Gasteiger partial charge in [-0.05, 0) is 6.07 Å². The molecular formula is C9H13N3O6. The lowest BCUT2D eigenvalue weighted by molar-refractivity contribution is -0.305. The third-order valence-electron chi connectivity index (χ3n) is 2.74. The Morgan fingerprint density at radius 2 is 2.33 bits per heavy atom. The van der Waals surface area contributed by atoms with Crippen molar-refractivity contribution in [2.24, 2.45) is 0 Å². The number of ether oxygens (including phenoxy) is 1. The monoisotopic (exact) mass is 259 g/mol. The van der Waals surface area contributed by atoms with Crippen molar-refractivity contribution in [2.75, 3.05) is 12.3 Å². The maximum absolute atomic E-state index is 11.6. The molecule has 0 radical (unpaired) electrons. The Kier molecular flexibility index (Phi) is 3.59. The normalized spacial score (nSPS) is 31.7. The Morgan fingerprint density at radius 3 is 2.89 bits per heavy atom. The van der Waals surface area contributed by atoms with Gasteiger partial charge < -0.3 is 20.7 Å². The van der Waals surface area contributed by atoms with E-state index in [9.17, 15) is 9.90 Å². The highest BCUT2D eigenvalue weighted by Gasteiger charge is 2.46. The zero-order chi connectivity index (χ0) is 13.3. The third-order valence-corrected chi connectivity index (χ3v) is 2.74. The number of hydrogen-bond donors (Lipinski definition) is 4. The van der Waals surface area contributed by atoms with E-state index in [1.807, 2.05) is 0 Å². The highest BCUT2D eigenvalue weighted by atomic mass is 17.1. The average molecular weight is 259 g/mol. The van der Waals surface area contributed by atoms with E-state index in [2.05, 4.69) is 9.87 Å². The fourth-order valence-electron chi connectivity index (χ4n) is 1.83. The van der Waals surface area contributed by atoms with Gasteiger partial charge in [-0.1, -0.05) is 0 Å². The van der Waals surface area contributed by atoms with Gasteiger partial charge in [0.2, 0.25) is 0 Å². The summed E-state index contributed by atoms with van der Waals surface area (Å²) in [7, 11) is 0. The Morgan fingerprint density at radius 1 is 1.61 bits per heavy atom. The summed E-state index contributed by atoms with van der Waals surface area (Å²) in [5.41, 5.74) is 4.62. The van der Waals surface area contributed by atoms with Crippen molar-refractivity contribution in [1.82, 2.24) is 9.55 Å². The smallest absolute Gasteiger partial charge is 0.351 e. The molecule has 2 heterocycles. The minimum absolute atomic E-state index is 0.0370. The molecule has 0 aromatic carbocycles. The summed E-state index contributed by atoms with van der Waals surface area (Å²) in [4.78, 5) is 19.2. The van der Waals surface area contributed by atoms with Crippen molar-refractivity contribution in [1.29, 1.82) is 0 Å². The predicted octanol–water partition coefficient (Wildman–Crippen LogP) is -2.07. The molecule has 5 N–H and O–H groups in total. The van der Waals surface area contributed by atoms with E-state index in [4.69, 9.17) is 20.8 Å². The van der Waals surface area contributed by atoms with Crippen LogP contribution < -0.4 is 11.4 Å². The number of aliphatic hydroxyl groups excluding tert-OH is 2. The second kappa shape index (κ2) is 5.00. The van der Waals surface area contributed by atoms with Gasteiger partial charge in [0.15, 0.2) is 12.3 Å². The Balaban J connectivity index is 2.35. The second-order valence-electron chi connectivity index (χ2n) is 3.85. The molecule has 1 aromatic heterocycles. The van der Waals surface area contributed by atoms with Crippen LogP contribution in [-0.4, -0.2) is 49.9 Å². The predicted molar refractivity (Wildman–Crippen MR) is 57.4 cm³/mol. The summed E-state index contributed by atoms with van der Waals surface area (Å²) in [5.74, 6) is 0.0370. The maximum atomic E-state index is 11.6. The van der Waals surface area contributed by atoms with Crippen LogP contribution in [-0.2, 0) is 9.62 Å². The van der Waals surface area contributed by atoms with E-state index in [1.165, 1.54) is 12.3 Å². The van der Waals surface area contributed by atoms with Gasteiger partial charge in [0.25, 0.3) is 0 Å². The van der Waals surface area contributed by atoms with Crippen LogP contribution in [0, 0.1) is 0 Å². The SMILES string of the molecule is Nc1ccn([C@@H]2O[C@H](CO)C(O)C2OO)c(=O)n1. The minimum atomic E-state index is -1.27. The molecule has 0 spiro atoms. The van der Waals surface area contributed by atoms with E-state index < -0.39 is 36.8 Å². The number of nitrogens with zero attached hydrogens (tertiary/aromatic N) is 2. The zero-order valence-corrected chi connectivity index (χ0v) is 9.21. The molecule has 2 rings (SSSR count). The minimum Gasteiger partial charge on any atom is -0.394 e. The zero-order valence-electron chi connectivity index (χ0n) is 9.21. The summed E-state index contributed by atoms with van der Waals surface area (Å²) in [6, 6.07) is 1.36. The Labute approximate surface area is 101 Å². The summed E-state index contributed by atoms with van der Waals surface area (Å²) in [6.07, 6.45) is -3.23. The Hall–Kier alpha value is -1.52. The van der Waals surface area contributed by atoms with E-state index in [0.29, 0.717) is 0 Å². The summed E-state index contributed by atoms with van der Waals surface area (Å²) in [5, 5.41) is 27.4. The first-order valence-corrected chi connectivity index (χ1v) is 5.17. The first-order valence-electron chi connectivity index (χ1n) is 5.17. The quantitative estimate of drug-likeness (QED) is 0.358. The van der Waals surface area contributed by atoms with Crippen molar-refractivity contribution in [2.45, 2.75) is 24.5 Å². The summed E-state index contributed by atoms with van der Waals surface area (Å²) >= 11 is 0. The van der Waals surface area contributed by atoms with Gasteiger partial charge >= 0.3 is 5.69 Å². The second-order valence-corrected chi connectivity index (χ2v) is 3.85. The maximum Gasteiger partial charge on any atom is 0.351 e. The highest BCUT2D eigenvalue weighted by molar-refractivity contribution is 5.23. The van der Waals surface area contributed by atoms with Crippen LogP contribution >= 0.6 is 0 Å². The van der Waals surface area contributed by atoms with Crippen molar-refractivity contribution in [3.63, 3.8) is 0 Å². The number of nitrogen functional groups attached to an aromatic ring is 1. The van der Waals surface area contributed by atoms with Crippen LogP contribution in [0.25, 0.3) is 0 Å². The molecule has 4 atom stereocenters. The van der Waals surface area contributed by atoms with E-state index >= 15 is 0 Å². The molecule has 9 nitrogen and oxygen atoms in total. The van der Waals surface area contributed by atoms with Gasteiger partial charge in [-0.25, -0.2) is 9.68 Å². The third kappa shape index (κ3) is 2.09. The highest BCUT2D eigenvalue weighted by Crippen LogP contribution is 2.30. The molecule has 100 valence electrons. The van der Waals surface area contributed by atoms with E-state index in [0.717, 1.165) is 4.57 Å². The van der Waals surface area contributed by atoms with Crippen molar-refractivity contribution >= 4 is 5.82 Å². The molecule has 1 fully saturated rings. The van der Waals surface area contributed by atoms with Gasteiger partial charge in [0, 0.05) is 6.20 Å². The molecule has 1 aromatic rings. The number of aromatic nitrogens is 2. The Bertz CT molecular complexity index is 478. The van der Waals surface area contributed by atoms with E-state index in [-0.39, 0.29) is 5.82 Å². The van der Waals surface area contributed by atoms with Gasteiger partial charge in [0.05, 0.1) is 6.61 Å². The number of anilines is 1. The molecule has 0 aliphatic carbocycles. The largest absolute Gasteiger partial charge is 0.394 e. The first-order chi connectivity index (χ1) is 8.58. The molecular weight excluding hydrogens is 246 g/mol. The lowest BCUT2D eigenvalue weighted by Crippen LogP contribution is -2.37. The number of hydrogen-bond acceptors (Lipinski definition) is 8. The fourth-order valence-corrected chi connectivity index (χ4v) is 1.83. The summed E-state index contributed by atoms with van der Waals surface area (Å²) in [6.45, 7) is -0.478. The molecule has 0 amide bonds. The number of rotatable bonds is 3. The summed E-state index contributed by atoms with van der Waals surface area (Å²) < 4.78 is 6.24. The van der Waals surface area contributed by atoms with Gasteiger partial charge in [0.1, 0.15) is 18.0 Å². The fraction of sp³-hybridized carbons (Fsp3) is 0.556. The molecule has 1 aliphatic rings. The molecule has 9 heteroatoms. The van der Waals surface area contributed by atoms with Crippen molar-refractivity contribution in [3.8, 4) is 0 Å². The molecule has 0 bridgehead atoms. The lowest BCUT2D eigenvalue weighted by Gasteiger charge is -2.18. The van der Waals surface area contributed by atoms with Crippen LogP contribution in [0.2, 0.25) is 0 Å². The topological polar surface area (TPSA) is 140 Å². The first kappa shape index (κ1) is 12.9. The van der Waals surface area contributed by atoms with Crippen molar-refractivity contribution in [3.05, 3.63) is 22.7 Å². The molecule has 2 unspecified atom stereocenters. The van der Waals surface area contributed by atoms with Crippen LogP contribution in [0.1, 0.15) is 6.23 Å². The number of nitrogens with two attached hydrogens (primary N) is 1. The average Bonchev–Trinajstić information content (AvgIpc) is 2.65. The molecule has 0 saturated carbocycles. The van der Waals surface area contributed by atoms with Gasteiger partial charge in [-0.2, -0.15) is 4.98 Å². The lowest BCUT2D eigenvalue weighted by atomic mass is 10.1. The van der Waals surface area contributed by atoms with Gasteiger partial charge in [-0.15, -0.1) is 0 Å². The number of aliphatic hydroxyl groups is 2. The standard InChI is InChI=1S/C9H13N3O6/c10-5-1-2-12(9(15)11-5)8-7(18-16)6(14)4(3-13)17-8/h1-2,4,6-8,13-14,16H,3H2,(H2,10,11,15)/t4-,6?,7?,8-/m1/s1. The van der Waals surface area contributed by atoms with Gasteiger partial charge in [-0.3, -0.25) is 9.82 Å². The molecule has 1 aliphatic heterocycles. The van der Waals surface area contributed by atoms with Crippen LogP contribution in [0.4, 0.5) is 5.82 Å².